The number of hydrogen-bond donors (Lipinski definition) is 4. The van der Waals surface area contributed by atoms with E-state index in [0.29, 0.717) is 17.0 Å². The summed E-state index contributed by atoms with van der Waals surface area (Å²) in [6, 6.07) is 0. The Hall–Kier alpha value is -1.40. The van der Waals surface area contributed by atoms with E-state index in [9.17, 15) is 4.79 Å². The summed E-state index contributed by atoms with van der Waals surface area (Å²) in [5, 5.41) is 26.7. The van der Waals surface area contributed by atoms with Crippen molar-refractivity contribution in [1.29, 1.82) is 0 Å². The first-order valence-electron chi connectivity index (χ1n) is 4.65. The lowest BCUT2D eigenvalue weighted by molar-refractivity contribution is 0.0801. The predicted octanol–water partition coefficient (Wildman–Crippen LogP) is -0.890. The number of aromatic nitrogens is 2. The number of nitrogens with one attached hydrogen (secondary N) is 2. The average Bonchev–Trinajstić information content (AvgIpc) is 2.54. The second kappa shape index (κ2) is 4.90. The van der Waals surface area contributed by atoms with Gasteiger partial charge in [-0.2, -0.15) is 5.10 Å². The molecule has 6 nitrogen and oxygen atoms in total. The number of aliphatic hydroxyl groups excluding tert-OH is 2. The van der Waals surface area contributed by atoms with Crippen LogP contribution in [0.1, 0.15) is 21.7 Å². The van der Waals surface area contributed by atoms with Crippen LogP contribution in [0, 0.1) is 13.8 Å². The summed E-state index contributed by atoms with van der Waals surface area (Å²) >= 11 is 0. The van der Waals surface area contributed by atoms with E-state index >= 15 is 0 Å². The van der Waals surface area contributed by atoms with Gasteiger partial charge in [-0.15, -0.1) is 0 Å². The van der Waals surface area contributed by atoms with Crippen molar-refractivity contribution >= 4 is 5.91 Å². The first kappa shape index (κ1) is 11.7. The van der Waals surface area contributed by atoms with Crippen molar-refractivity contribution in [2.45, 2.75) is 20.0 Å². The highest BCUT2D eigenvalue weighted by Crippen LogP contribution is 2.08. The Labute approximate surface area is 87.3 Å². The van der Waals surface area contributed by atoms with Crippen molar-refractivity contribution in [3.63, 3.8) is 0 Å². The Morgan fingerprint density at radius 2 is 2.27 bits per heavy atom. The van der Waals surface area contributed by atoms with Gasteiger partial charge in [0.1, 0.15) is 0 Å². The Bertz CT molecular complexity index is 329. The first-order chi connectivity index (χ1) is 7.06. The molecule has 0 aromatic carbocycles. The number of aryl methyl sites for hydroxylation is 2. The molecule has 0 aliphatic rings. The molecule has 84 valence electrons. The molecule has 1 heterocycles. The maximum atomic E-state index is 11.6. The molecule has 4 N–H and O–H groups in total. The standard InChI is InChI=1S/C9H15N3O3/c1-5-8(6(2)12-11-5)9(15)10-3-7(14)4-13/h7,13-14H,3-4H2,1-2H3,(H,10,15)(H,11,12). The summed E-state index contributed by atoms with van der Waals surface area (Å²) in [5.41, 5.74) is 1.78. The zero-order valence-corrected chi connectivity index (χ0v) is 8.74. The molecular weight excluding hydrogens is 198 g/mol. The highest BCUT2D eigenvalue weighted by Gasteiger charge is 2.15. The summed E-state index contributed by atoms with van der Waals surface area (Å²) in [6.45, 7) is 3.13. The van der Waals surface area contributed by atoms with Crippen molar-refractivity contribution in [2.75, 3.05) is 13.2 Å². The maximum absolute atomic E-state index is 11.6. The number of aromatic amines is 1. The quantitative estimate of drug-likeness (QED) is 0.521. The third kappa shape index (κ3) is 2.77. The fourth-order valence-electron chi connectivity index (χ4n) is 1.25. The zero-order valence-electron chi connectivity index (χ0n) is 8.74. The second-order valence-corrected chi connectivity index (χ2v) is 3.36. The number of aliphatic hydroxyl groups is 2. The van der Waals surface area contributed by atoms with Gasteiger partial charge in [-0.3, -0.25) is 9.89 Å². The van der Waals surface area contributed by atoms with E-state index in [-0.39, 0.29) is 19.1 Å². The van der Waals surface area contributed by atoms with Crippen molar-refractivity contribution in [1.82, 2.24) is 15.5 Å². The Balaban J connectivity index is 2.62. The summed E-state index contributed by atoms with van der Waals surface area (Å²) in [5.74, 6) is -0.300. The minimum atomic E-state index is -0.929. The lowest BCUT2D eigenvalue weighted by atomic mass is 10.2. The van der Waals surface area contributed by atoms with Gasteiger partial charge in [0.15, 0.2) is 0 Å². The molecule has 15 heavy (non-hydrogen) atoms. The van der Waals surface area contributed by atoms with Crippen LogP contribution in [0.3, 0.4) is 0 Å². The summed E-state index contributed by atoms with van der Waals surface area (Å²) in [7, 11) is 0. The lowest BCUT2D eigenvalue weighted by Gasteiger charge is -2.08. The summed E-state index contributed by atoms with van der Waals surface area (Å²) < 4.78 is 0. The average molecular weight is 213 g/mol. The SMILES string of the molecule is Cc1n[nH]c(C)c1C(=O)NCC(O)CO. The van der Waals surface area contributed by atoms with Gasteiger partial charge >= 0.3 is 0 Å². The van der Waals surface area contributed by atoms with E-state index in [1.807, 2.05) is 0 Å². The minimum Gasteiger partial charge on any atom is -0.394 e. The van der Waals surface area contributed by atoms with Gasteiger partial charge in [-0.1, -0.05) is 0 Å². The maximum Gasteiger partial charge on any atom is 0.255 e. The zero-order chi connectivity index (χ0) is 11.4. The van der Waals surface area contributed by atoms with Crippen molar-refractivity contribution in [2.24, 2.45) is 0 Å². The molecule has 0 saturated carbocycles. The van der Waals surface area contributed by atoms with Crippen LogP contribution in [-0.4, -0.2) is 45.6 Å². The normalized spacial score (nSPS) is 12.5. The van der Waals surface area contributed by atoms with Crippen LogP contribution in [0.25, 0.3) is 0 Å². The van der Waals surface area contributed by atoms with Crippen LogP contribution in [0.5, 0.6) is 0 Å². The van der Waals surface area contributed by atoms with E-state index in [1.165, 1.54) is 0 Å². The summed E-state index contributed by atoms with van der Waals surface area (Å²) in [6.07, 6.45) is -0.929. The van der Waals surface area contributed by atoms with E-state index in [4.69, 9.17) is 10.2 Å². The predicted molar refractivity (Wildman–Crippen MR) is 53.5 cm³/mol. The van der Waals surface area contributed by atoms with Gasteiger partial charge in [0, 0.05) is 12.2 Å². The highest BCUT2D eigenvalue weighted by atomic mass is 16.3. The van der Waals surface area contributed by atoms with Crippen LogP contribution in [-0.2, 0) is 0 Å². The molecule has 0 bridgehead atoms. The number of hydrogen-bond acceptors (Lipinski definition) is 4. The smallest absolute Gasteiger partial charge is 0.255 e. The monoisotopic (exact) mass is 213 g/mol. The van der Waals surface area contributed by atoms with Crippen LogP contribution in [0.15, 0.2) is 0 Å². The van der Waals surface area contributed by atoms with Gasteiger partial charge in [0.05, 0.1) is 24.0 Å². The Kier molecular flexibility index (Phi) is 3.81. The second-order valence-electron chi connectivity index (χ2n) is 3.36. The molecule has 1 rings (SSSR count). The van der Waals surface area contributed by atoms with Crippen molar-refractivity contribution in [3.8, 4) is 0 Å². The number of nitrogens with zero attached hydrogens (tertiary/aromatic N) is 1. The molecule has 1 unspecified atom stereocenters. The third-order valence-electron chi connectivity index (χ3n) is 2.06. The van der Waals surface area contributed by atoms with Gasteiger partial charge < -0.3 is 15.5 Å². The molecule has 1 atom stereocenters. The molecule has 0 spiro atoms. The summed E-state index contributed by atoms with van der Waals surface area (Å²) in [4.78, 5) is 11.6. The van der Waals surface area contributed by atoms with Crippen LogP contribution in [0.4, 0.5) is 0 Å². The van der Waals surface area contributed by atoms with E-state index < -0.39 is 6.10 Å². The van der Waals surface area contributed by atoms with Crippen LogP contribution in [0.2, 0.25) is 0 Å². The molecule has 0 aliphatic heterocycles. The third-order valence-corrected chi connectivity index (χ3v) is 2.06. The van der Waals surface area contributed by atoms with Gasteiger partial charge in [0.2, 0.25) is 0 Å². The highest BCUT2D eigenvalue weighted by molar-refractivity contribution is 5.96. The largest absolute Gasteiger partial charge is 0.394 e. The van der Waals surface area contributed by atoms with E-state index in [0.717, 1.165) is 0 Å². The number of carbonyl (C=O) groups is 1. The number of amides is 1. The Morgan fingerprint density at radius 1 is 1.60 bits per heavy atom. The van der Waals surface area contributed by atoms with E-state index in [2.05, 4.69) is 15.5 Å². The fraction of sp³-hybridized carbons (Fsp3) is 0.556. The van der Waals surface area contributed by atoms with Crippen LogP contribution < -0.4 is 5.32 Å². The minimum absolute atomic E-state index is 0.0272. The van der Waals surface area contributed by atoms with Crippen molar-refractivity contribution < 1.29 is 15.0 Å². The van der Waals surface area contributed by atoms with Crippen LogP contribution >= 0.6 is 0 Å². The molecule has 0 radical (unpaired) electrons. The topological polar surface area (TPSA) is 98.2 Å². The fourth-order valence-corrected chi connectivity index (χ4v) is 1.25. The van der Waals surface area contributed by atoms with Gasteiger partial charge in [-0.25, -0.2) is 0 Å². The molecular formula is C9H15N3O3. The van der Waals surface area contributed by atoms with Gasteiger partial charge in [0.25, 0.3) is 5.91 Å². The number of H-pyrrole nitrogens is 1. The lowest BCUT2D eigenvalue weighted by Crippen LogP contribution is -2.34. The van der Waals surface area contributed by atoms with E-state index in [1.54, 1.807) is 13.8 Å². The Morgan fingerprint density at radius 3 is 2.73 bits per heavy atom. The molecule has 0 fully saturated rings. The first-order valence-corrected chi connectivity index (χ1v) is 4.65. The molecule has 1 aromatic rings. The molecule has 1 aromatic heterocycles. The number of rotatable bonds is 4. The number of carbonyl (C=O) groups excluding carboxylic acids is 1. The molecule has 6 heteroatoms. The molecule has 0 aliphatic carbocycles. The molecule has 0 saturated heterocycles. The molecule has 1 amide bonds. The van der Waals surface area contributed by atoms with Gasteiger partial charge in [-0.05, 0) is 13.8 Å². The van der Waals surface area contributed by atoms with Crippen molar-refractivity contribution in [3.05, 3.63) is 17.0 Å².